The zero-order valence-electron chi connectivity index (χ0n) is 12.3. The molecule has 0 bridgehead atoms. The van der Waals surface area contributed by atoms with Gasteiger partial charge in [0.05, 0.1) is 7.11 Å². The molecule has 0 amide bonds. The zero-order chi connectivity index (χ0) is 14.7. The first-order valence-corrected chi connectivity index (χ1v) is 7.38. The highest BCUT2D eigenvalue weighted by Gasteiger charge is 2.29. The fraction of sp³-hybridized carbons (Fsp3) is 0.333. The molecule has 0 aromatic heterocycles. The second kappa shape index (κ2) is 6.19. The SMILES string of the molecule is COc1ccc([C@H](N)C2CC2)cc1OCc1ccccc1. The minimum absolute atomic E-state index is 0.106. The molecule has 0 radical (unpaired) electrons. The van der Waals surface area contributed by atoms with Crippen molar-refractivity contribution in [3.05, 3.63) is 59.7 Å². The zero-order valence-corrected chi connectivity index (χ0v) is 12.3. The number of benzene rings is 2. The summed E-state index contributed by atoms with van der Waals surface area (Å²) in [5.41, 5.74) is 8.53. The van der Waals surface area contributed by atoms with Gasteiger partial charge in [-0.1, -0.05) is 36.4 Å². The van der Waals surface area contributed by atoms with Crippen LogP contribution in [0, 0.1) is 5.92 Å². The van der Waals surface area contributed by atoms with Gasteiger partial charge < -0.3 is 15.2 Å². The summed E-state index contributed by atoms with van der Waals surface area (Å²) >= 11 is 0. The molecule has 21 heavy (non-hydrogen) atoms. The molecule has 2 aromatic rings. The van der Waals surface area contributed by atoms with E-state index in [4.69, 9.17) is 15.2 Å². The van der Waals surface area contributed by atoms with Gasteiger partial charge in [0.15, 0.2) is 11.5 Å². The lowest BCUT2D eigenvalue weighted by atomic mass is 10.0. The van der Waals surface area contributed by atoms with Crippen LogP contribution in [0.15, 0.2) is 48.5 Å². The molecule has 0 aliphatic heterocycles. The third-order valence-electron chi connectivity index (χ3n) is 3.94. The van der Waals surface area contributed by atoms with E-state index >= 15 is 0 Å². The van der Waals surface area contributed by atoms with Gasteiger partial charge in [-0.25, -0.2) is 0 Å². The van der Waals surface area contributed by atoms with Gasteiger partial charge in [0, 0.05) is 6.04 Å². The van der Waals surface area contributed by atoms with Gasteiger partial charge in [0.2, 0.25) is 0 Å². The summed E-state index contributed by atoms with van der Waals surface area (Å²) in [6.07, 6.45) is 2.46. The summed E-state index contributed by atoms with van der Waals surface area (Å²) < 4.78 is 11.3. The van der Waals surface area contributed by atoms with Crippen LogP contribution in [0.25, 0.3) is 0 Å². The number of rotatable bonds is 6. The highest BCUT2D eigenvalue weighted by Crippen LogP contribution is 2.41. The van der Waals surface area contributed by atoms with E-state index in [0.717, 1.165) is 22.6 Å². The van der Waals surface area contributed by atoms with E-state index in [0.29, 0.717) is 12.5 Å². The van der Waals surface area contributed by atoms with Gasteiger partial charge >= 0.3 is 0 Å². The Labute approximate surface area is 125 Å². The van der Waals surface area contributed by atoms with Crippen LogP contribution in [0.3, 0.4) is 0 Å². The first-order valence-electron chi connectivity index (χ1n) is 7.38. The quantitative estimate of drug-likeness (QED) is 0.879. The number of hydrogen-bond acceptors (Lipinski definition) is 3. The highest BCUT2D eigenvalue weighted by atomic mass is 16.5. The molecule has 1 atom stereocenters. The average Bonchev–Trinajstić information content (AvgIpc) is 3.38. The van der Waals surface area contributed by atoms with Gasteiger partial charge in [-0.05, 0) is 42.0 Å². The molecule has 3 heteroatoms. The molecule has 1 aliphatic carbocycles. The van der Waals surface area contributed by atoms with Crippen molar-refractivity contribution in [3.63, 3.8) is 0 Å². The number of ether oxygens (including phenoxy) is 2. The van der Waals surface area contributed by atoms with Crippen molar-refractivity contribution in [1.29, 1.82) is 0 Å². The first-order chi connectivity index (χ1) is 10.3. The van der Waals surface area contributed by atoms with E-state index in [1.54, 1.807) is 7.11 Å². The van der Waals surface area contributed by atoms with E-state index < -0.39 is 0 Å². The molecular formula is C18H21NO2. The third kappa shape index (κ3) is 3.37. The van der Waals surface area contributed by atoms with Crippen molar-refractivity contribution in [2.75, 3.05) is 7.11 Å². The molecule has 1 fully saturated rings. The van der Waals surface area contributed by atoms with Crippen LogP contribution < -0.4 is 15.2 Å². The van der Waals surface area contributed by atoms with E-state index in [9.17, 15) is 0 Å². The van der Waals surface area contributed by atoms with Gasteiger partial charge in [0.1, 0.15) is 6.61 Å². The number of methoxy groups -OCH3 is 1. The minimum atomic E-state index is 0.106. The molecule has 0 unspecified atom stereocenters. The molecular weight excluding hydrogens is 262 g/mol. The lowest BCUT2D eigenvalue weighted by Gasteiger charge is -2.15. The first kappa shape index (κ1) is 14.0. The fourth-order valence-electron chi connectivity index (χ4n) is 2.48. The van der Waals surface area contributed by atoms with E-state index in [2.05, 4.69) is 0 Å². The second-order valence-electron chi connectivity index (χ2n) is 5.55. The Morgan fingerprint density at radius 3 is 2.52 bits per heavy atom. The average molecular weight is 283 g/mol. The summed E-state index contributed by atoms with van der Waals surface area (Å²) in [6, 6.07) is 16.2. The Balaban J connectivity index is 1.76. The Hall–Kier alpha value is -2.00. The Morgan fingerprint density at radius 2 is 1.86 bits per heavy atom. The Morgan fingerprint density at radius 1 is 1.10 bits per heavy atom. The third-order valence-corrected chi connectivity index (χ3v) is 3.94. The smallest absolute Gasteiger partial charge is 0.161 e. The summed E-state index contributed by atoms with van der Waals surface area (Å²) in [4.78, 5) is 0. The van der Waals surface area contributed by atoms with Crippen LogP contribution in [-0.2, 0) is 6.61 Å². The molecule has 1 saturated carbocycles. The molecule has 3 rings (SSSR count). The molecule has 110 valence electrons. The second-order valence-corrected chi connectivity index (χ2v) is 5.55. The van der Waals surface area contributed by atoms with Gasteiger partial charge in [0.25, 0.3) is 0 Å². The van der Waals surface area contributed by atoms with Crippen molar-refractivity contribution in [2.24, 2.45) is 11.7 Å². The van der Waals surface area contributed by atoms with Crippen LogP contribution in [0.5, 0.6) is 11.5 Å². The van der Waals surface area contributed by atoms with Crippen molar-refractivity contribution in [3.8, 4) is 11.5 Å². The largest absolute Gasteiger partial charge is 0.493 e. The van der Waals surface area contributed by atoms with Gasteiger partial charge in [-0.3, -0.25) is 0 Å². The summed E-state index contributed by atoms with van der Waals surface area (Å²) in [6.45, 7) is 0.527. The fourth-order valence-corrected chi connectivity index (χ4v) is 2.48. The molecule has 0 saturated heterocycles. The van der Waals surface area contributed by atoms with E-state index in [1.807, 2.05) is 48.5 Å². The molecule has 1 aliphatic rings. The summed E-state index contributed by atoms with van der Waals surface area (Å²) in [5.74, 6) is 2.13. The molecule has 3 nitrogen and oxygen atoms in total. The van der Waals surface area contributed by atoms with Crippen molar-refractivity contribution in [2.45, 2.75) is 25.5 Å². The predicted molar refractivity (Wildman–Crippen MR) is 83.4 cm³/mol. The van der Waals surface area contributed by atoms with Crippen LogP contribution >= 0.6 is 0 Å². The van der Waals surface area contributed by atoms with Gasteiger partial charge in [-0.15, -0.1) is 0 Å². The molecule has 0 spiro atoms. The maximum atomic E-state index is 6.27. The van der Waals surface area contributed by atoms with E-state index in [-0.39, 0.29) is 6.04 Å². The Bertz CT molecular complexity index is 593. The topological polar surface area (TPSA) is 44.5 Å². The standard InChI is InChI=1S/C18H21NO2/c1-20-16-10-9-15(18(19)14-7-8-14)11-17(16)21-12-13-5-3-2-4-6-13/h2-6,9-11,14,18H,7-8,12,19H2,1H3/t18-/m1/s1. The lowest BCUT2D eigenvalue weighted by molar-refractivity contribution is 0.284. The van der Waals surface area contributed by atoms with Crippen molar-refractivity contribution in [1.82, 2.24) is 0 Å². The summed E-state index contributed by atoms with van der Waals surface area (Å²) in [7, 11) is 1.66. The normalized spacial score (nSPS) is 15.5. The maximum Gasteiger partial charge on any atom is 0.161 e. The van der Waals surface area contributed by atoms with Crippen LogP contribution in [0.2, 0.25) is 0 Å². The van der Waals surface area contributed by atoms with Crippen molar-refractivity contribution >= 4 is 0 Å². The molecule has 2 aromatic carbocycles. The Kier molecular flexibility index (Phi) is 4.11. The van der Waals surface area contributed by atoms with Crippen LogP contribution in [0.1, 0.15) is 30.0 Å². The maximum absolute atomic E-state index is 6.27. The predicted octanol–water partition coefficient (Wildman–Crippen LogP) is 3.68. The van der Waals surface area contributed by atoms with E-state index in [1.165, 1.54) is 12.8 Å². The molecule has 0 heterocycles. The highest BCUT2D eigenvalue weighted by molar-refractivity contribution is 5.44. The minimum Gasteiger partial charge on any atom is -0.493 e. The van der Waals surface area contributed by atoms with Crippen LogP contribution in [-0.4, -0.2) is 7.11 Å². The van der Waals surface area contributed by atoms with Crippen molar-refractivity contribution < 1.29 is 9.47 Å². The monoisotopic (exact) mass is 283 g/mol. The van der Waals surface area contributed by atoms with Gasteiger partial charge in [-0.2, -0.15) is 0 Å². The summed E-state index contributed by atoms with van der Waals surface area (Å²) in [5, 5.41) is 0. The van der Waals surface area contributed by atoms with Crippen LogP contribution in [0.4, 0.5) is 0 Å². The molecule has 2 N–H and O–H groups in total. The lowest BCUT2D eigenvalue weighted by Crippen LogP contribution is -2.12. The number of hydrogen-bond donors (Lipinski definition) is 1. The number of nitrogens with two attached hydrogens (primary N) is 1.